The number of alkyl halides is 9. The maximum Gasteiger partial charge on any atom is 0.490 e. The van der Waals surface area contributed by atoms with E-state index in [2.05, 4.69) is 30.5 Å². The first-order chi connectivity index (χ1) is 28.3. The fraction of sp³-hybridized carbons (Fsp3) is 0.286. The quantitative estimate of drug-likeness (QED) is 0.133. The number of benzene rings is 2. The molecule has 2 aromatic heterocycles. The Hall–Kier alpha value is -6.66. The first-order valence-corrected chi connectivity index (χ1v) is 17.2. The summed E-state index contributed by atoms with van der Waals surface area (Å²) in [5, 5.41) is 28.2. The van der Waals surface area contributed by atoms with Crippen molar-refractivity contribution in [2.45, 2.75) is 31.4 Å². The zero-order valence-electron chi connectivity index (χ0n) is 30.6. The number of piperazine rings is 1. The van der Waals surface area contributed by atoms with Crippen LogP contribution in [0.2, 0.25) is 5.02 Å². The smallest absolute Gasteiger partial charge is 0.483 e. The highest BCUT2D eigenvalue weighted by Crippen LogP contribution is 2.30. The van der Waals surface area contributed by atoms with Crippen LogP contribution >= 0.6 is 11.6 Å². The Morgan fingerprint density at radius 3 is 1.82 bits per heavy atom. The van der Waals surface area contributed by atoms with Crippen LogP contribution in [0.5, 0.6) is 5.75 Å². The molecule has 1 saturated heterocycles. The van der Waals surface area contributed by atoms with E-state index in [-0.39, 0.29) is 18.3 Å². The van der Waals surface area contributed by atoms with Gasteiger partial charge in [0.25, 0.3) is 5.91 Å². The molecule has 1 amide bonds. The number of nitrogens with one attached hydrogen (secondary N) is 2. The fourth-order valence-electron chi connectivity index (χ4n) is 4.84. The van der Waals surface area contributed by atoms with Crippen LogP contribution in [0.25, 0.3) is 0 Å². The van der Waals surface area contributed by atoms with E-state index in [0.717, 1.165) is 34.6 Å². The summed E-state index contributed by atoms with van der Waals surface area (Å²) in [7, 11) is 0. The summed E-state index contributed by atoms with van der Waals surface area (Å²) in [5.41, 5.74) is 4.51. The summed E-state index contributed by atoms with van der Waals surface area (Å²) in [6.45, 7) is 2.46. The van der Waals surface area contributed by atoms with Gasteiger partial charge in [-0.2, -0.15) is 44.5 Å². The molecule has 26 heteroatoms. The average Bonchev–Trinajstić information content (AvgIpc) is 3.18. The molecule has 61 heavy (non-hydrogen) atoms. The van der Waals surface area contributed by atoms with E-state index in [4.69, 9.17) is 46.0 Å². The van der Waals surface area contributed by atoms with Gasteiger partial charge >= 0.3 is 36.4 Å². The molecule has 6 rings (SSSR count). The fourth-order valence-corrected chi connectivity index (χ4v) is 4.98. The maximum atomic E-state index is 13.3. The van der Waals surface area contributed by atoms with Crippen molar-refractivity contribution in [3.8, 4) is 5.75 Å². The Balaban J connectivity index is 0.000000390. The number of amides is 1. The molecule has 5 N–H and O–H groups in total. The van der Waals surface area contributed by atoms with E-state index in [1.165, 1.54) is 12.1 Å². The van der Waals surface area contributed by atoms with Crippen LogP contribution in [0.3, 0.4) is 0 Å². The molecule has 6 bridgehead atoms. The highest BCUT2D eigenvalue weighted by molar-refractivity contribution is 6.32. The normalized spacial score (nSPS) is 13.5. The van der Waals surface area contributed by atoms with Gasteiger partial charge in [0.2, 0.25) is 5.95 Å². The van der Waals surface area contributed by atoms with Gasteiger partial charge in [-0.05, 0) is 72.5 Å². The lowest BCUT2D eigenvalue weighted by atomic mass is 10.0. The van der Waals surface area contributed by atoms with Gasteiger partial charge in [-0.25, -0.2) is 23.8 Å². The van der Waals surface area contributed by atoms with Crippen LogP contribution in [0.4, 0.5) is 72.7 Å². The molecule has 0 atom stereocenters. The number of carboxylic acids is 3. The number of carbonyl (C=O) groups excluding carboxylic acids is 1. The van der Waals surface area contributed by atoms with Crippen LogP contribution in [-0.2, 0) is 32.0 Å². The summed E-state index contributed by atoms with van der Waals surface area (Å²) >= 11 is 6.36. The molecule has 0 aliphatic carbocycles. The average molecular weight is 902 g/mol. The minimum atomic E-state index is -5.08. The van der Waals surface area contributed by atoms with Gasteiger partial charge in [-0.15, -0.1) is 0 Å². The minimum absolute atomic E-state index is 0.0572. The summed E-state index contributed by atoms with van der Waals surface area (Å²) in [6, 6.07) is 14.2. The van der Waals surface area contributed by atoms with E-state index < -0.39 is 36.4 Å². The highest BCUT2D eigenvalue weighted by atomic mass is 35.5. The van der Waals surface area contributed by atoms with E-state index >= 15 is 0 Å². The lowest BCUT2D eigenvalue weighted by Gasteiger charge is -2.36. The number of carbonyl (C=O) groups is 4. The first kappa shape index (κ1) is 48.7. The van der Waals surface area contributed by atoms with E-state index in [1.807, 2.05) is 35.4 Å². The van der Waals surface area contributed by atoms with Crippen molar-refractivity contribution in [1.82, 2.24) is 19.9 Å². The van der Waals surface area contributed by atoms with E-state index in [0.29, 0.717) is 55.1 Å². The van der Waals surface area contributed by atoms with E-state index in [1.54, 1.807) is 24.5 Å². The molecule has 2 aliphatic heterocycles. The number of hydrogen-bond acceptors (Lipinski definition) is 11. The van der Waals surface area contributed by atoms with Crippen LogP contribution in [0.1, 0.15) is 11.1 Å². The third-order valence-corrected chi connectivity index (χ3v) is 7.98. The predicted molar refractivity (Wildman–Crippen MR) is 193 cm³/mol. The van der Waals surface area contributed by atoms with Gasteiger partial charge in [0, 0.05) is 43.8 Å². The number of nitrogens with zero attached hydrogens (tertiary/aromatic N) is 5. The van der Waals surface area contributed by atoms with Gasteiger partial charge in [0.15, 0.2) is 12.4 Å². The number of aryl methyl sites for hydroxylation is 2. The predicted octanol–water partition coefficient (Wildman–Crippen LogP) is 6.88. The molecule has 4 aromatic rings. The maximum absolute atomic E-state index is 13.3. The van der Waals surface area contributed by atoms with Gasteiger partial charge in [0.1, 0.15) is 16.6 Å². The molecule has 0 saturated carbocycles. The summed E-state index contributed by atoms with van der Waals surface area (Å²) in [6.07, 6.45) is -8.76. The third-order valence-electron chi connectivity index (χ3n) is 7.70. The number of anilines is 5. The van der Waals surface area contributed by atoms with Gasteiger partial charge < -0.3 is 40.5 Å². The molecule has 1 fully saturated rings. The molecule has 330 valence electrons. The summed E-state index contributed by atoms with van der Waals surface area (Å²) < 4.78 is 115. The molecule has 2 aliphatic rings. The van der Waals surface area contributed by atoms with Gasteiger partial charge in [-0.1, -0.05) is 11.6 Å². The monoisotopic (exact) mass is 901 g/mol. The second-order valence-corrected chi connectivity index (χ2v) is 12.5. The van der Waals surface area contributed by atoms with Crippen molar-refractivity contribution in [1.29, 1.82) is 0 Å². The van der Waals surface area contributed by atoms with E-state index in [9.17, 15) is 48.7 Å². The van der Waals surface area contributed by atoms with Crippen LogP contribution in [0.15, 0.2) is 67.1 Å². The van der Waals surface area contributed by atoms with Crippen molar-refractivity contribution in [3.63, 3.8) is 0 Å². The molecule has 15 nitrogen and oxygen atoms in total. The first-order valence-electron chi connectivity index (χ1n) is 16.8. The molecule has 4 heterocycles. The molecular formula is C35H30ClF10N7O8. The molecule has 0 spiro atoms. The summed E-state index contributed by atoms with van der Waals surface area (Å²) in [5.74, 6) is -7.07. The van der Waals surface area contributed by atoms with Crippen LogP contribution in [-0.4, -0.2) is 110 Å². The molecular weight excluding hydrogens is 872 g/mol. The van der Waals surface area contributed by atoms with Crippen molar-refractivity contribution in [3.05, 3.63) is 89.1 Å². The standard InChI is InChI=1S/C29H27ClFN7O2.3C2HF3O2/c30-25-17-33-29-35-23-13-19(15-32-16-23)1-2-20-14-22(34-28(25)36-29)5-8-26(20)40-18-27(39)38-11-9-37(10-12-38)24-6-3-21(31)4-7-24;3*3-2(4,5)1(6)7/h3-8,13-17H,1-2,9-12,18H2,(H2,33,34,35,36);3*(H,6,7). The molecule has 0 unspecified atom stereocenters. The number of aromatic nitrogens is 3. The molecule has 2 aromatic carbocycles. The number of carboxylic acid groups (broad SMARTS) is 3. The number of ether oxygens (including phenoxy) is 1. The Morgan fingerprint density at radius 2 is 1.28 bits per heavy atom. The Morgan fingerprint density at radius 1 is 0.721 bits per heavy atom. The number of hydrogen-bond donors (Lipinski definition) is 5. The third kappa shape index (κ3) is 16.1. The largest absolute Gasteiger partial charge is 0.490 e. The van der Waals surface area contributed by atoms with Gasteiger partial charge in [0.05, 0.1) is 18.1 Å². The van der Waals surface area contributed by atoms with Crippen molar-refractivity contribution < 1.29 is 83.1 Å². The lowest BCUT2D eigenvalue weighted by molar-refractivity contribution is -0.193. The Labute approximate surface area is 341 Å². The molecule has 0 radical (unpaired) electrons. The van der Waals surface area contributed by atoms with Crippen LogP contribution < -0.4 is 20.3 Å². The number of halogens is 11. The van der Waals surface area contributed by atoms with Crippen LogP contribution in [0, 0.1) is 5.82 Å². The zero-order chi connectivity index (χ0) is 45.7. The SMILES string of the molecule is O=C(COc1ccc2cc1CCc1cncc(c1)Nc1ncc(Cl)c(n1)N2)N1CCN(c2ccc(F)cc2)CC1.O=C(O)C(F)(F)F.O=C(O)C(F)(F)F.O=C(O)C(F)(F)F. The van der Waals surface area contributed by atoms with Crippen molar-refractivity contribution in [2.75, 3.05) is 48.3 Å². The summed E-state index contributed by atoms with van der Waals surface area (Å²) in [4.78, 5) is 56.8. The number of fused-ring (bicyclic) bond motifs is 6. The minimum Gasteiger partial charge on any atom is -0.483 e. The van der Waals surface area contributed by atoms with Crippen molar-refractivity contribution >= 4 is 64.2 Å². The lowest BCUT2D eigenvalue weighted by Crippen LogP contribution is -2.50. The second-order valence-electron chi connectivity index (χ2n) is 12.1. The van der Waals surface area contributed by atoms with Gasteiger partial charge in [-0.3, -0.25) is 9.78 Å². The highest BCUT2D eigenvalue weighted by Gasteiger charge is 2.39. The Kier molecular flexibility index (Phi) is 16.8. The number of pyridine rings is 1. The number of rotatable bonds is 4. The number of aliphatic carboxylic acids is 3. The Bertz CT molecular complexity index is 2100. The topological polar surface area (TPSA) is 207 Å². The zero-order valence-corrected chi connectivity index (χ0v) is 31.3. The second kappa shape index (κ2) is 21.0. The van der Waals surface area contributed by atoms with Crippen molar-refractivity contribution in [2.24, 2.45) is 0 Å².